The third kappa shape index (κ3) is 4.23. The van der Waals surface area contributed by atoms with Gasteiger partial charge < -0.3 is 18.9 Å². The van der Waals surface area contributed by atoms with Gasteiger partial charge in [0.2, 0.25) is 11.2 Å². The van der Waals surface area contributed by atoms with Crippen molar-refractivity contribution in [3.63, 3.8) is 0 Å². The number of nitrogens with one attached hydrogen (secondary N) is 1. The summed E-state index contributed by atoms with van der Waals surface area (Å²) in [5, 5.41) is 3.61. The monoisotopic (exact) mass is 423 g/mol. The fourth-order valence-corrected chi connectivity index (χ4v) is 3.12. The van der Waals surface area contributed by atoms with E-state index < -0.39 is 5.91 Å². The number of hydrogen-bond donors (Lipinski definition) is 1. The lowest BCUT2D eigenvalue weighted by Gasteiger charge is -2.12. The number of hydrogen-bond acceptors (Lipinski definition) is 5. The van der Waals surface area contributed by atoms with Crippen molar-refractivity contribution >= 4 is 28.5 Å². The number of halogens is 1. The van der Waals surface area contributed by atoms with E-state index in [1.807, 2.05) is 13.0 Å². The van der Waals surface area contributed by atoms with Crippen LogP contribution in [0.4, 0.5) is 0 Å². The molecule has 2 heterocycles. The Balaban J connectivity index is 1.66. The number of furan rings is 1. The average molecular weight is 424 g/mol. The molecule has 4 aromatic rings. The van der Waals surface area contributed by atoms with Crippen LogP contribution in [0.1, 0.15) is 11.3 Å². The van der Waals surface area contributed by atoms with Crippen molar-refractivity contribution in [2.75, 3.05) is 6.61 Å². The van der Waals surface area contributed by atoms with Crippen LogP contribution in [-0.2, 0) is 11.3 Å². The van der Waals surface area contributed by atoms with Crippen molar-refractivity contribution in [1.82, 2.24) is 5.32 Å². The summed E-state index contributed by atoms with van der Waals surface area (Å²) in [7, 11) is 0. The van der Waals surface area contributed by atoms with Crippen LogP contribution in [0, 0.1) is 6.92 Å². The fourth-order valence-electron chi connectivity index (χ4n) is 2.99. The second-order valence-electron chi connectivity index (χ2n) is 6.74. The number of carbonyl (C=O) groups excluding carboxylic acids is 1. The molecule has 2 aromatic heterocycles. The molecule has 0 saturated carbocycles. The number of benzene rings is 2. The second kappa shape index (κ2) is 8.47. The first-order chi connectivity index (χ1) is 14.5. The summed E-state index contributed by atoms with van der Waals surface area (Å²) in [4.78, 5) is 25.3. The molecule has 152 valence electrons. The number of aryl methyl sites for hydroxylation is 1. The molecule has 4 rings (SSSR count). The van der Waals surface area contributed by atoms with E-state index in [2.05, 4.69) is 5.32 Å². The van der Waals surface area contributed by atoms with Crippen LogP contribution >= 0.6 is 11.6 Å². The molecule has 2 aromatic carbocycles. The first-order valence-corrected chi connectivity index (χ1v) is 9.64. The van der Waals surface area contributed by atoms with Gasteiger partial charge in [-0.1, -0.05) is 17.7 Å². The largest absolute Gasteiger partial charge is 0.476 e. The Morgan fingerprint density at radius 1 is 1.13 bits per heavy atom. The smallest absolute Gasteiger partial charge is 0.258 e. The van der Waals surface area contributed by atoms with Crippen LogP contribution in [0.5, 0.6) is 5.75 Å². The lowest BCUT2D eigenvalue weighted by molar-refractivity contribution is -0.123. The third-order valence-electron chi connectivity index (χ3n) is 4.50. The van der Waals surface area contributed by atoms with Gasteiger partial charge in [0.25, 0.3) is 5.91 Å². The Morgan fingerprint density at radius 2 is 1.93 bits per heavy atom. The molecule has 7 heteroatoms. The van der Waals surface area contributed by atoms with Crippen LogP contribution in [-0.4, -0.2) is 12.5 Å². The van der Waals surface area contributed by atoms with Crippen LogP contribution in [0.2, 0.25) is 5.02 Å². The zero-order valence-electron chi connectivity index (χ0n) is 16.1. The standard InChI is InChI=1S/C23H18ClNO5/c1-14-4-9-18-19(11-14)30-22(15-5-7-16(24)8-6-15)23(21(18)27)29-13-20(26)25-12-17-3-2-10-28-17/h2-11H,12-13H2,1H3,(H,25,26). The summed E-state index contributed by atoms with van der Waals surface area (Å²) in [6.45, 7) is 1.80. The molecule has 0 fully saturated rings. The average Bonchev–Trinajstić information content (AvgIpc) is 3.25. The van der Waals surface area contributed by atoms with Crippen molar-refractivity contribution in [2.45, 2.75) is 13.5 Å². The second-order valence-corrected chi connectivity index (χ2v) is 7.18. The minimum atomic E-state index is -0.392. The Morgan fingerprint density at radius 3 is 2.67 bits per heavy atom. The van der Waals surface area contributed by atoms with E-state index >= 15 is 0 Å². The quantitative estimate of drug-likeness (QED) is 0.485. The summed E-state index contributed by atoms with van der Waals surface area (Å²) in [6.07, 6.45) is 1.53. The third-order valence-corrected chi connectivity index (χ3v) is 4.75. The summed E-state index contributed by atoms with van der Waals surface area (Å²) >= 11 is 5.98. The van der Waals surface area contributed by atoms with E-state index in [1.165, 1.54) is 6.26 Å². The van der Waals surface area contributed by atoms with Gasteiger partial charge >= 0.3 is 0 Å². The molecule has 0 atom stereocenters. The summed E-state index contributed by atoms with van der Waals surface area (Å²) in [5.41, 5.74) is 1.67. The Labute approximate surface area is 177 Å². The van der Waals surface area contributed by atoms with Crippen molar-refractivity contribution in [3.05, 3.63) is 87.4 Å². The molecular weight excluding hydrogens is 406 g/mol. The number of fused-ring (bicyclic) bond motifs is 1. The minimum absolute atomic E-state index is 0.0261. The number of carbonyl (C=O) groups is 1. The minimum Gasteiger partial charge on any atom is -0.476 e. The van der Waals surface area contributed by atoms with Crippen molar-refractivity contribution in [3.8, 4) is 17.1 Å². The summed E-state index contributed by atoms with van der Waals surface area (Å²) in [6, 6.07) is 15.6. The molecule has 1 N–H and O–H groups in total. The van der Waals surface area contributed by atoms with Gasteiger partial charge in [-0.25, -0.2) is 0 Å². The molecule has 30 heavy (non-hydrogen) atoms. The van der Waals surface area contributed by atoms with Gasteiger partial charge in [-0.2, -0.15) is 0 Å². The van der Waals surface area contributed by atoms with E-state index in [0.29, 0.717) is 27.3 Å². The fraction of sp³-hybridized carbons (Fsp3) is 0.130. The van der Waals surface area contributed by atoms with Crippen LogP contribution in [0.3, 0.4) is 0 Å². The molecule has 0 aliphatic rings. The van der Waals surface area contributed by atoms with Crippen molar-refractivity contribution < 1.29 is 18.4 Å². The van der Waals surface area contributed by atoms with E-state index in [9.17, 15) is 9.59 Å². The maximum Gasteiger partial charge on any atom is 0.258 e. The van der Waals surface area contributed by atoms with Gasteiger partial charge in [0.15, 0.2) is 12.4 Å². The first-order valence-electron chi connectivity index (χ1n) is 9.26. The Bertz CT molecular complexity index is 1240. The zero-order chi connectivity index (χ0) is 21.1. The van der Waals surface area contributed by atoms with Gasteiger partial charge in [-0.05, 0) is 61.0 Å². The van der Waals surface area contributed by atoms with Crippen LogP contribution in [0.25, 0.3) is 22.3 Å². The molecule has 1 amide bonds. The number of ether oxygens (including phenoxy) is 1. The highest BCUT2D eigenvalue weighted by molar-refractivity contribution is 6.30. The van der Waals surface area contributed by atoms with E-state index in [-0.39, 0.29) is 30.1 Å². The van der Waals surface area contributed by atoms with E-state index in [1.54, 1.807) is 48.5 Å². The Hall–Kier alpha value is -3.51. The molecule has 0 radical (unpaired) electrons. The molecular formula is C23H18ClNO5. The van der Waals surface area contributed by atoms with E-state index in [4.69, 9.17) is 25.2 Å². The highest BCUT2D eigenvalue weighted by Gasteiger charge is 2.19. The normalized spacial score (nSPS) is 10.9. The lowest BCUT2D eigenvalue weighted by Crippen LogP contribution is -2.29. The topological polar surface area (TPSA) is 81.7 Å². The molecule has 0 unspecified atom stereocenters. The maximum atomic E-state index is 13.1. The van der Waals surface area contributed by atoms with Crippen molar-refractivity contribution in [1.29, 1.82) is 0 Å². The molecule has 0 bridgehead atoms. The molecule has 0 aliphatic heterocycles. The number of rotatable bonds is 6. The summed E-state index contributed by atoms with van der Waals surface area (Å²) < 4.78 is 16.8. The predicted molar refractivity (Wildman–Crippen MR) is 114 cm³/mol. The van der Waals surface area contributed by atoms with Gasteiger partial charge in [-0.3, -0.25) is 9.59 Å². The zero-order valence-corrected chi connectivity index (χ0v) is 16.9. The maximum absolute atomic E-state index is 13.1. The number of amides is 1. The predicted octanol–water partition coefficient (Wildman–Crippen LogP) is 4.71. The molecule has 6 nitrogen and oxygen atoms in total. The van der Waals surface area contributed by atoms with Crippen molar-refractivity contribution in [2.24, 2.45) is 0 Å². The van der Waals surface area contributed by atoms with Gasteiger partial charge in [0, 0.05) is 10.6 Å². The SMILES string of the molecule is Cc1ccc2c(=O)c(OCC(=O)NCc3ccco3)c(-c3ccc(Cl)cc3)oc2c1. The molecule has 0 saturated heterocycles. The van der Waals surface area contributed by atoms with Crippen LogP contribution in [0.15, 0.2) is 74.5 Å². The van der Waals surface area contributed by atoms with Gasteiger partial charge in [-0.15, -0.1) is 0 Å². The lowest BCUT2D eigenvalue weighted by atomic mass is 10.1. The van der Waals surface area contributed by atoms with Crippen LogP contribution < -0.4 is 15.5 Å². The van der Waals surface area contributed by atoms with Gasteiger partial charge in [0.05, 0.1) is 18.2 Å². The summed E-state index contributed by atoms with van der Waals surface area (Å²) in [5.74, 6) is 0.443. The molecule has 0 aliphatic carbocycles. The van der Waals surface area contributed by atoms with Gasteiger partial charge in [0.1, 0.15) is 11.3 Å². The molecule has 0 spiro atoms. The highest BCUT2D eigenvalue weighted by atomic mass is 35.5. The Kier molecular flexibility index (Phi) is 5.59. The highest BCUT2D eigenvalue weighted by Crippen LogP contribution is 2.32. The first kappa shape index (κ1) is 19.8. The van der Waals surface area contributed by atoms with E-state index in [0.717, 1.165) is 5.56 Å².